The Labute approximate surface area is 114 Å². The predicted molar refractivity (Wildman–Crippen MR) is 69.5 cm³/mol. The molecule has 0 aromatic heterocycles. The van der Waals surface area contributed by atoms with Gasteiger partial charge in [-0.1, -0.05) is 6.07 Å². The lowest BCUT2D eigenvalue weighted by Gasteiger charge is -2.09. The fourth-order valence-corrected chi connectivity index (χ4v) is 2.00. The van der Waals surface area contributed by atoms with Gasteiger partial charge in [-0.05, 0) is 47.9 Å². The van der Waals surface area contributed by atoms with Crippen LogP contribution in [0.15, 0.2) is 30.3 Å². The summed E-state index contributed by atoms with van der Waals surface area (Å²) < 4.78 is 32.0. The van der Waals surface area contributed by atoms with Crippen molar-refractivity contribution >= 4 is 5.97 Å². The van der Waals surface area contributed by atoms with Crippen LogP contribution < -0.4 is 0 Å². The minimum atomic E-state index is -1.06. The largest absolute Gasteiger partial charge is 0.508 e. The number of esters is 1. The van der Waals surface area contributed by atoms with Gasteiger partial charge in [0, 0.05) is 0 Å². The lowest BCUT2D eigenvalue weighted by Crippen LogP contribution is -2.08. The van der Waals surface area contributed by atoms with Crippen LogP contribution in [0.2, 0.25) is 0 Å². The highest BCUT2D eigenvalue weighted by atomic mass is 19.1. The smallest absolute Gasteiger partial charge is 0.343 e. The number of rotatable bonds is 2. The number of hydrogen-bond acceptors (Lipinski definition) is 3. The van der Waals surface area contributed by atoms with Crippen LogP contribution in [0.3, 0.4) is 0 Å². The van der Waals surface area contributed by atoms with Gasteiger partial charge in [0.2, 0.25) is 0 Å². The first-order valence-electron chi connectivity index (χ1n) is 5.81. The standard InChI is InChI=1S/C15H12F2O3/c1-8-5-10(18)3-4-11(8)9-6-12(16)14(13(17)7-9)15(19)20-2/h3-7,18H,1-2H3. The predicted octanol–water partition coefficient (Wildman–Crippen LogP) is 3.43. The zero-order valence-electron chi connectivity index (χ0n) is 10.9. The molecule has 3 nitrogen and oxygen atoms in total. The molecule has 0 spiro atoms. The van der Waals surface area contributed by atoms with Crippen LogP contribution in [-0.4, -0.2) is 18.2 Å². The maximum absolute atomic E-state index is 13.9. The van der Waals surface area contributed by atoms with Crippen molar-refractivity contribution in [1.29, 1.82) is 0 Å². The fourth-order valence-electron chi connectivity index (χ4n) is 2.00. The molecule has 104 valence electrons. The summed E-state index contributed by atoms with van der Waals surface area (Å²) in [6.07, 6.45) is 0. The number of methoxy groups -OCH3 is 1. The molecule has 0 heterocycles. The third kappa shape index (κ3) is 2.47. The van der Waals surface area contributed by atoms with E-state index in [1.54, 1.807) is 13.0 Å². The minimum absolute atomic E-state index is 0.0679. The molecule has 0 radical (unpaired) electrons. The van der Waals surface area contributed by atoms with Crippen LogP contribution in [0.25, 0.3) is 11.1 Å². The molecular formula is C15H12F2O3. The Bertz CT molecular complexity index is 658. The van der Waals surface area contributed by atoms with E-state index in [-0.39, 0.29) is 11.3 Å². The molecule has 5 heteroatoms. The van der Waals surface area contributed by atoms with Crippen molar-refractivity contribution in [3.63, 3.8) is 0 Å². The molecule has 0 bridgehead atoms. The normalized spacial score (nSPS) is 10.4. The van der Waals surface area contributed by atoms with Gasteiger partial charge in [-0.15, -0.1) is 0 Å². The van der Waals surface area contributed by atoms with Gasteiger partial charge < -0.3 is 9.84 Å². The topological polar surface area (TPSA) is 46.5 Å². The third-order valence-corrected chi connectivity index (χ3v) is 2.95. The van der Waals surface area contributed by atoms with E-state index in [2.05, 4.69) is 4.74 Å². The first-order valence-corrected chi connectivity index (χ1v) is 5.81. The molecule has 0 unspecified atom stereocenters. The summed E-state index contributed by atoms with van der Waals surface area (Å²) in [5, 5.41) is 9.33. The zero-order chi connectivity index (χ0) is 14.9. The van der Waals surface area contributed by atoms with Crippen molar-refractivity contribution in [2.45, 2.75) is 6.92 Å². The molecule has 2 rings (SSSR count). The van der Waals surface area contributed by atoms with E-state index < -0.39 is 23.2 Å². The van der Waals surface area contributed by atoms with Gasteiger partial charge in [-0.3, -0.25) is 0 Å². The molecule has 2 aromatic rings. The average Bonchev–Trinajstić information content (AvgIpc) is 2.37. The third-order valence-electron chi connectivity index (χ3n) is 2.95. The number of phenols is 1. The summed E-state index contributed by atoms with van der Waals surface area (Å²) in [6.45, 7) is 1.71. The van der Waals surface area contributed by atoms with Crippen LogP contribution in [-0.2, 0) is 4.74 Å². The molecule has 0 aliphatic rings. The van der Waals surface area contributed by atoms with E-state index in [4.69, 9.17) is 0 Å². The van der Waals surface area contributed by atoms with E-state index in [1.807, 2.05) is 0 Å². The fraction of sp³-hybridized carbons (Fsp3) is 0.133. The van der Waals surface area contributed by atoms with Crippen LogP contribution >= 0.6 is 0 Å². The summed E-state index contributed by atoms with van der Waals surface area (Å²) >= 11 is 0. The van der Waals surface area contributed by atoms with Crippen molar-refractivity contribution in [3.05, 3.63) is 53.1 Å². The van der Waals surface area contributed by atoms with Crippen LogP contribution in [0.1, 0.15) is 15.9 Å². The van der Waals surface area contributed by atoms with Gasteiger partial charge in [0.05, 0.1) is 7.11 Å². The highest BCUT2D eigenvalue weighted by Crippen LogP contribution is 2.29. The Hall–Kier alpha value is -2.43. The lowest BCUT2D eigenvalue weighted by molar-refractivity contribution is 0.0590. The van der Waals surface area contributed by atoms with Gasteiger partial charge in [0.15, 0.2) is 0 Å². The second kappa shape index (κ2) is 5.28. The summed E-state index contributed by atoms with van der Waals surface area (Å²) in [5.74, 6) is -2.97. The number of benzene rings is 2. The summed E-state index contributed by atoms with van der Waals surface area (Å²) in [4.78, 5) is 11.3. The average molecular weight is 278 g/mol. The Morgan fingerprint density at radius 2 is 1.75 bits per heavy atom. The van der Waals surface area contributed by atoms with E-state index in [0.29, 0.717) is 11.1 Å². The van der Waals surface area contributed by atoms with Gasteiger partial charge in [0.25, 0.3) is 0 Å². The van der Waals surface area contributed by atoms with Crippen LogP contribution in [0.5, 0.6) is 5.75 Å². The molecule has 0 aliphatic carbocycles. The van der Waals surface area contributed by atoms with Crippen molar-refractivity contribution in [2.75, 3.05) is 7.11 Å². The van der Waals surface area contributed by atoms with Gasteiger partial charge in [-0.2, -0.15) is 0 Å². The van der Waals surface area contributed by atoms with Crippen molar-refractivity contribution in [1.82, 2.24) is 0 Å². The number of ether oxygens (including phenoxy) is 1. The van der Waals surface area contributed by atoms with Crippen molar-refractivity contribution in [2.24, 2.45) is 0 Å². The highest BCUT2D eigenvalue weighted by molar-refractivity contribution is 5.90. The quantitative estimate of drug-likeness (QED) is 0.856. The lowest BCUT2D eigenvalue weighted by atomic mass is 9.98. The minimum Gasteiger partial charge on any atom is -0.508 e. The molecule has 0 fully saturated rings. The van der Waals surface area contributed by atoms with Crippen molar-refractivity contribution < 1.29 is 23.4 Å². The first-order chi connectivity index (χ1) is 9.43. The molecule has 0 atom stereocenters. The first kappa shape index (κ1) is 14.0. The maximum Gasteiger partial charge on any atom is 0.343 e. The Balaban J connectivity index is 2.58. The number of halogens is 2. The van der Waals surface area contributed by atoms with Gasteiger partial charge in [0.1, 0.15) is 22.9 Å². The monoisotopic (exact) mass is 278 g/mol. The van der Waals surface area contributed by atoms with E-state index in [1.165, 1.54) is 12.1 Å². The van der Waals surface area contributed by atoms with E-state index in [0.717, 1.165) is 19.2 Å². The molecule has 0 aliphatic heterocycles. The number of phenolic OH excluding ortho intramolecular Hbond substituents is 1. The molecule has 0 amide bonds. The van der Waals surface area contributed by atoms with Crippen LogP contribution in [0, 0.1) is 18.6 Å². The maximum atomic E-state index is 13.9. The molecule has 0 saturated carbocycles. The van der Waals surface area contributed by atoms with E-state index in [9.17, 15) is 18.7 Å². The Morgan fingerprint density at radius 1 is 1.15 bits per heavy atom. The Morgan fingerprint density at radius 3 is 2.25 bits per heavy atom. The number of hydrogen-bond donors (Lipinski definition) is 1. The molecular weight excluding hydrogens is 266 g/mol. The Kier molecular flexibility index (Phi) is 3.70. The number of aryl methyl sites for hydroxylation is 1. The molecule has 20 heavy (non-hydrogen) atoms. The second-order valence-electron chi connectivity index (χ2n) is 4.31. The van der Waals surface area contributed by atoms with Gasteiger partial charge >= 0.3 is 5.97 Å². The van der Waals surface area contributed by atoms with Crippen LogP contribution in [0.4, 0.5) is 8.78 Å². The number of carbonyl (C=O) groups excluding carboxylic acids is 1. The summed E-state index contributed by atoms with van der Waals surface area (Å²) in [5.41, 5.74) is 0.796. The summed E-state index contributed by atoms with van der Waals surface area (Å²) in [6, 6.07) is 6.59. The molecule has 2 aromatic carbocycles. The second-order valence-corrected chi connectivity index (χ2v) is 4.31. The van der Waals surface area contributed by atoms with Crippen molar-refractivity contribution in [3.8, 4) is 16.9 Å². The highest BCUT2D eigenvalue weighted by Gasteiger charge is 2.20. The SMILES string of the molecule is COC(=O)c1c(F)cc(-c2ccc(O)cc2C)cc1F. The number of carbonyl (C=O) groups is 1. The molecule has 1 N–H and O–H groups in total. The zero-order valence-corrected chi connectivity index (χ0v) is 10.9. The summed E-state index contributed by atoms with van der Waals surface area (Å²) in [7, 11) is 1.05. The van der Waals surface area contributed by atoms with Gasteiger partial charge in [-0.25, -0.2) is 13.6 Å². The molecule has 0 saturated heterocycles. The number of aromatic hydroxyl groups is 1. The van der Waals surface area contributed by atoms with E-state index >= 15 is 0 Å².